The highest BCUT2D eigenvalue weighted by Crippen LogP contribution is 2.48. The van der Waals surface area contributed by atoms with Gasteiger partial charge in [-0.15, -0.1) is 0 Å². The SMILES string of the molecule is Cc1cc2c3c(c1)N(c1cccc(-c4cccc5c4-c4ccccc4C5)c1)c1cc(C(C)(C)C)ccc1B3c1cc(C(C)(C)C)ccc1N2c1ccc(C(C)(C)C)cc1. The number of fused-ring (bicyclic) bond motifs is 7. The number of benzene rings is 7. The molecule has 0 fully saturated rings. The van der Waals surface area contributed by atoms with Gasteiger partial charge in [0.1, 0.15) is 0 Å². The van der Waals surface area contributed by atoms with Crippen molar-refractivity contribution in [3.8, 4) is 22.3 Å². The van der Waals surface area contributed by atoms with Crippen LogP contribution in [-0.2, 0) is 22.7 Å². The van der Waals surface area contributed by atoms with Gasteiger partial charge in [-0.2, -0.15) is 0 Å². The molecule has 7 aromatic rings. The smallest absolute Gasteiger partial charge is 0.252 e. The Hall–Kier alpha value is -5.80. The van der Waals surface area contributed by atoms with Crippen LogP contribution in [0, 0.1) is 6.92 Å². The monoisotopic (exact) mass is 766 g/mol. The summed E-state index contributed by atoms with van der Waals surface area (Å²) in [6.07, 6.45) is 0.985. The van der Waals surface area contributed by atoms with Crippen LogP contribution in [-0.4, -0.2) is 6.71 Å². The van der Waals surface area contributed by atoms with E-state index in [-0.39, 0.29) is 23.0 Å². The Morgan fingerprint density at radius 3 is 1.75 bits per heavy atom. The van der Waals surface area contributed by atoms with Crippen LogP contribution in [0.4, 0.5) is 34.1 Å². The maximum atomic E-state index is 2.59. The van der Waals surface area contributed by atoms with Crippen molar-refractivity contribution >= 4 is 57.2 Å². The summed E-state index contributed by atoms with van der Waals surface area (Å²) in [4.78, 5) is 5.14. The summed E-state index contributed by atoms with van der Waals surface area (Å²) in [5, 5.41) is 0. The van der Waals surface area contributed by atoms with E-state index in [1.165, 1.54) is 106 Å². The standard InChI is InChI=1S/C56H55BN2/c1-35-29-50-53-51(30-35)59(43-18-13-16-37(32-43)45-20-14-17-38-31-36-15-11-12-19-44(36)52(38)45)49-34-41(56(8,9)10)23-27-46(49)57(53)47-33-40(55(5,6)7)24-28-48(47)58(50)42-25-21-39(22-26-42)54(2,3)4/h11-30,32-34H,31H2,1-10H3. The second kappa shape index (κ2) is 13.1. The fourth-order valence-corrected chi connectivity index (χ4v) is 9.98. The zero-order valence-electron chi connectivity index (χ0n) is 36.5. The average molecular weight is 767 g/mol. The number of hydrogen-bond donors (Lipinski definition) is 0. The Morgan fingerprint density at radius 1 is 0.441 bits per heavy atom. The summed E-state index contributed by atoms with van der Waals surface area (Å²) in [5.74, 6) is 0. The molecule has 0 bridgehead atoms. The molecule has 0 atom stereocenters. The van der Waals surface area contributed by atoms with E-state index in [2.05, 4.69) is 219 Å². The zero-order valence-corrected chi connectivity index (χ0v) is 36.5. The molecule has 0 saturated carbocycles. The molecule has 2 heterocycles. The van der Waals surface area contributed by atoms with Crippen LogP contribution in [0.2, 0.25) is 0 Å². The molecule has 3 aliphatic rings. The van der Waals surface area contributed by atoms with E-state index < -0.39 is 0 Å². The van der Waals surface area contributed by atoms with E-state index in [0.717, 1.165) is 6.42 Å². The Labute approximate surface area is 352 Å². The Bertz CT molecular complexity index is 2820. The lowest BCUT2D eigenvalue weighted by Crippen LogP contribution is -2.61. The van der Waals surface area contributed by atoms with E-state index in [1.54, 1.807) is 0 Å². The van der Waals surface area contributed by atoms with Gasteiger partial charge in [-0.05, 0) is 150 Å². The first-order valence-electron chi connectivity index (χ1n) is 21.5. The molecule has 59 heavy (non-hydrogen) atoms. The third-order valence-corrected chi connectivity index (χ3v) is 13.2. The fourth-order valence-electron chi connectivity index (χ4n) is 9.98. The highest BCUT2D eigenvalue weighted by atomic mass is 15.2. The van der Waals surface area contributed by atoms with Gasteiger partial charge in [-0.25, -0.2) is 0 Å². The predicted molar refractivity (Wildman–Crippen MR) is 255 cm³/mol. The summed E-state index contributed by atoms with van der Waals surface area (Å²) in [7, 11) is 0. The fraction of sp³-hybridized carbons (Fsp3) is 0.250. The van der Waals surface area contributed by atoms with E-state index >= 15 is 0 Å². The first-order chi connectivity index (χ1) is 28.1. The first-order valence-corrected chi connectivity index (χ1v) is 21.5. The maximum Gasteiger partial charge on any atom is 0.252 e. The minimum absolute atomic E-state index is 0.00277. The highest BCUT2D eigenvalue weighted by molar-refractivity contribution is 7.00. The van der Waals surface area contributed by atoms with E-state index in [0.29, 0.717) is 0 Å². The Kier molecular flexibility index (Phi) is 8.32. The van der Waals surface area contributed by atoms with Gasteiger partial charge in [0.05, 0.1) is 0 Å². The molecule has 0 N–H and O–H groups in total. The van der Waals surface area contributed by atoms with Crippen molar-refractivity contribution in [3.63, 3.8) is 0 Å². The lowest BCUT2D eigenvalue weighted by molar-refractivity contribution is 0.590. The molecule has 0 unspecified atom stereocenters. The number of hydrogen-bond acceptors (Lipinski definition) is 2. The second-order valence-corrected chi connectivity index (χ2v) is 20.4. The Balaban J connectivity index is 1.24. The second-order valence-electron chi connectivity index (χ2n) is 20.4. The van der Waals surface area contributed by atoms with E-state index in [9.17, 15) is 0 Å². The van der Waals surface area contributed by atoms with Crippen molar-refractivity contribution in [1.82, 2.24) is 0 Å². The normalized spacial score (nSPS) is 14.1. The number of rotatable bonds is 3. The van der Waals surface area contributed by atoms with Crippen LogP contribution in [0.1, 0.15) is 95.7 Å². The molecule has 0 spiro atoms. The van der Waals surface area contributed by atoms with Crippen molar-refractivity contribution < 1.29 is 0 Å². The summed E-state index contributed by atoms with van der Waals surface area (Å²) in [6.45, 7) is 23.2. The summed E-state index contributed by atoms with van der Waals surface area (Å²) in [6, 6.07) is 53.9. The van der Waals surface area contributed by atoms with Gasteiger partial charge < -0.3 is 9.80 Å². The molecule has 1 aliphatic carbocycles. The molecular formula is C56H55BN2. The third kappa shape index (κ3) is 6.07. The molecule has 0 aromatic heterocycles. The third-order valence-electron chi connectivity index (χ3n) is 13.2. The molecule has 2 aliphatic heterocycles. The predicted octanol–water partition coefficient (Wildman–Crippen LogP) is 13.2. The molecule has 0 radical (unpaired) electrons. The first kappa shape index (κ1) is 37.5. The van der Waals surface area contributed by atoms with Crippen LogP contribution in [0.3, 0.4) is 0 Å². The van der Waals surface area contributed by atoms with Gasteiger partial charge in [0.15, 0.2) is 0 Å². The summed E-state index contributed by atoms with van der Waals surface area (Å²) < 4.78 is 0. The van der Waals surface area contributed by atoms with Crippen molar-refractivity contribution in [3.05, 3.63) is 173 Å². The molecule has 292 valence electrons. The van der Waals surface area contributed by atoms with Crippen LogP contribution in [0.5, 0.6) is 0 Å². The minimum Gasteiger partial charge on any atom is -0.311 e. The lowest BCUT2D eigenvalue weighted by atomic mass is 9.33. The van der Waals surface area contributed by atoms with Crippen LogP contribution < -0.4 is 26.2 Å². The van der Waals surface area contributed by atoms with Crippen LogP contribution in [0.25, 0.3) is 22.3 Å². The van der Waals surface area contributed by atoms with Crippen molar-refractivity contribution in [2.24, 2.45) is 0 Å². The van der Waals surface area contributed by atoms with Crippen molar-refractivity contribution in [2.75, 3.05) is 9.80 Å². The number of nitrogens with zero attached hydrogens (tertiary/aromatic N) is 2. The Morgan fingerprint density at radius 2 is 1.03 bits per heavy atom. The number of aryl methyl sites for hydroxylation is 1. The van der Waals surface area contributed by atoms with Crippen LogP contribution >= 0.6 is 0 Å². The van der Waals surface area contributed by atoms with Gasteiger partial charge in [0.2, 0.25) is 0 Å². The zero-order chi connectivity index (χ0) is 41.2. The van der Waals surface area contributed by atoms with Gasteiger partial charge in [-0.1, -0.05) is 153 Å². The largest absolute Gasteiger partial charge is 0.311 e. The molecular weight excluding hydrogens is 711 g/mol. The molecule has 7 aromatic carbocycles. The maximum absolute atomic E-state index is 2.59. The lowest BCUT2D eigenvalue weighted by Gasteiger charge is -2.45. The van der Waals surface area contributed by atoms with Gasteiger partial charge in [0, 0.05) is 34.1 Å². The summed E-state index contributed by atoms with van der Waals surface area (Å²) in [5.41, 5.74) is 24.9. The van der Waals surface area contributed by atoms with Gasteiger partial charge in [-0.3, -0.25) is 0 Å². The molecule has 0 saturated heterocycles. The quantitative estimate of drug-likeness (QED) is 0.165. The summed E-state index contributed by atoms with van der Waals surface area (Å²) >= 11 is 0. The molecule has 0 amide bonds. The van der Waals surface area contributed by atoms with Crippen molar-refractivity contribution in [2.45, 2.75) is 91.9 Å². The average Bonchev–Trinajstić information content (AvgIpc) is 3.58. The number of anilines is 6. The minimum atomic E-state index is -0.0154. The van der Waals surface area contributed by atoms with E-state index in [1.807, 2.05) is 0 Å². The molecule has 10 rings (SSSR count). The molecule has 2 nitrogen and oxygen atoms in total. The topological polar surface area (TPSA) is 6.48 Å². The van der Waals surface area contributed by atoms with Crippen LogP contribution in [0.15, 0.2) is 140 Å². The van der Waals surface area contributed by atoms with E-state index in [4.69, 9.17) is 0 Å². The van der Waals surface area contributed by atoms with Gasteiger partial charge in [0.25, 0.3) is 6.71 Å². The molecule has 3 heteroatoms. The van der Waals surface area contributed by atoms with Crippen molar-refractivity contribution in [1.29, 1.82) is 0 Å². The highest BCUT2D eigenvalue weighted by Gasteiger charge is 2.44. The van der Waals surface area contributed by atoms with Gasteiger partial charge >= 0.3 is 0 Å².